The highest BCUT2D eigenvalue weighted by Crippen LogP contribution is 2.38. The van der Waals surface area contributed by atoms with Crippen LogP contribution in [0.25, 0.3) is 78.8 Å². The van der Waals surface area contributed by atoms with Crippen molar-refractivity contribution in [3.8, 4) is 78.8 Å². The Hall–Kier alpha value is -11.5. The zero-order valence-corrected chi connectivity index (χ0v) is 87.0. The molecule has 0 aliphatic carbocycles. The number of nitrogens with zero attached hydrogens (tertiary/aromatic N) is 20. The molecule has 53 heteroatoms. The third-order valence-electron chi connectivity index (χ3n) is 14.4. The van der Waals surface area contributed by atoms with Gasteiger partial charge in [-0.1, -0.05) is 104 Å². The molecular weight excluding hydrogens is 1890 g/mol. The van der Waals surface area contributed by atoms with Crippen LogP contribution in [0.5, 0.6) is 0 Å². The first kappa shape index (κ1) is 120. The van der Waals surface area contributed by atoms with Crippen LogP contribution in [0.15, 0.2) is 101 Å². The van der Waals surface area contributed by atoms with E-state index in [4.69, 9.17) is 25.7 Å². The van der Waals surface area contributed by atoms with E-state index in [-0.39, 0.29) is 23.1 Å². The van der Waals surface area contributed by atoms with Crippen LogP contribution in [-0.4, -0.2) is 231 Å². The molecule has 133 heavy (non-hydrogen) atoms. The topological polar surface area (TPSA) is 485 Å². The summed E-state index contributed by atoms with van der Waals surface area (Å²) in [6, 6.07) is 0. The number of amides is 3. The van der Waals surface area contributed by atoms with Crippen LogP contribution >= 0.6 is 95.3 Å². The lowest BCUT2D eigenvalue weighted by molar-refractivity contribution is 0.0624. The third-order valence-corrected chi connectivity index (χ3v) is 21.8. The molecule has 0 spiro atoms. The molecule has 3 amide bonds. The number of nitrogens with two attached hydrogens (primary N) is 2. The number of thiazole rings is 7. The fourth-order valence-corrected chi connectivity index (χ4v) is 15.6. The molecule has 0 atom stereocenters. The van der Waals surface area contributed by atoms with Crippen LogP contribution in [0.1, 0.15) is 129 Å². The predicted molar refractivity (Wildman–Crippen MR) is 552 cm³/mol. The number of halogens is 1. The Morgan fingerprint density at radius 2 is 0.632 bits per heavy atom. The lowest BCUT2D eigenvalue weighted by Crippen LogP contribution is -2.27. The number of anilines is 7. The van der Waals surface area contributed by atoms with Gasteiger partial charge < -0.3 is 36.3 Å². The SMILES string of the molecule is CC(=O)c1sc(N)nc1-c1cnn(C)c1.CC(=O)c1sc(NC(=O)OC(C)(C)C)nc1-c1cnn(C)c1.CNc1nc(-c2cn[nH]c2)c(C(C)=O)s1.CNc1nc(-c2cnn(C)c2)c(C(C)=O)s1.Cn1cc(-c2csc(N)n2)cn1.Cn1cc(-c2csc(NC(=O)OC(C)(C)C)n2)cn1.Cn1cc(-c2nc(NC(=O)OC(C)(C)C)sc2Br)cn1.[B]C.[B]C.[B]C.[B]C.[B]C.[B]C.[B]C. The molecule has 0 saturated carbocycles. The van der Waals surface area contributed by atoms with Crippen molar-refractivity contribution in [2.75, 3.05) is 52.1 Å². The number of carbonyl (C=O) groups is 7. The van der Waals surface area contributed by atoms with Crippen molar-refractivity contribution in [3.05, 3.63) is 121 Å². The number of nitrogen functional groups attached to an aromatic ring is 2. The average molecular weight is 2000 g/mol. The Bertz CT molecular complexity index is 5790. The normalized spacial score (nSPS) is 10.0. The zero-order chi connectivity index (χ0) is 102. The van der Waals surface area contributed by atoms with Gasteiger partial charge in [0.25, 0.3) is 0 Å². The molecule has 0 aromatic carbocycles. The van der Waals surface area contributed by atoms with Crippen LogP contribution in [0.2, 0.25) is 47.8 Å². The number of nitrogens with one attached hydrogen (secondary N) is 6. The molecule has 14 radical (unpaired) electrons. The minimum Gasteiger partial charge on any atom is -0.444 e. The highest BCUT2D eigenvalue weighted by Gasteiger charge is 2.26. The van der Waals surface area contributed by atoms with E-state index in [1.165, 1.54) is 137 Å². The van der Waals surface area contributed by atoms with Gasteiger partial charge in [-0.25, -0.2) is 49.3 Å². The molecule has 14 aromatic heterocycles. The number of hydrogen-bond acceptors (Lipinski definition) is 35. The second-order valence-corrected chi connectivity index (χ2v) is 36.2. The maximum atomic E-state index is 11.8. The molecule has 0 bridgehead atoms. The van der Waals surface area contributed by atoms with Crippen molar-refractivity contribution in [2.45, 2.75) is 155 Å². The summed E-state index contributed by atoms with van der Waals surface area (Å²) in [4.78, 5) is 113. The molecule has 0 fully saturated rings. The van der Waals surface area contributed by atoms with Crippen molar-refractivity contribution in [1.29, 1.82) is 0 Å². The summed E-state index contributed by atoms with van der Waals surface area (Å²) < 4.78 is 26.5. The Morgan fingerprint density at radius 3 is 0.932 bits per heavy atom. The van der Waals surface area contributed by atoms with Crippen molar-refractivity contribution in [1.82, 2.24) is 104 Å². The number of Topliss-reactive ketones (excluding diaryl/α,β-unsaturated/α-hetero) is 4. The first-order valence-electron chi connectivity index (χ1n) is 39.4. The molecule has 38 nitrogen and oxygen atoms in total. The van der Waals surface area contributed by atoms with Crippen LogP contribution in [-0.2, 0) is 56.5 Å². The number of aryl methyl sites for hydroxylation is 6. The number of aromatic amines is 1. The van der Waals surface area contributed by atoms with Gasteiger partial charge in [0.2, 0.25) is 0 Å². The average Bonchev–Trinajstić information content (AvgIpc) is 1.67. The Balaban J connectivity index is 0.000000762. The van der Waals surface area contributed by atoms with E-state index >= 15 is 0 Å². The molecule has 0 saturated heterocycles. The second kappa shape index (κ2) is 59.9. The van der Waals surface area contributed by atoms with Crippen molar-refractivity contribution in [3.63, 3.8) is 0 Å². The van der Waals surface area contributed by atoms with E-state index in [0.29, 0.717) is 67.9 Å². The summed E-state index contributed by atoms with van der Waals surface area (Å²) in [5.41, 5.74) is 20.4. The molecule has 14 rings (SSSR count). The Morgan fingerprint density at radius 1 is 0.353 bits per heavy atom. The van der Waals surface area contributed by atoms with E-state index in [2.05, 4.69) is 173 Å². The van der Waals surface area contributed by atoms with E-state index in [9.17, 15) is 33.6 Å². The maximum absolute atomic E-state index is 11.8. The smallest absolute Gasteiger partial charge is 0.413 e. The molecule has 0 aliphatic heterocycles. The molecule has 14 heterocycles. The number of ether oxygens (including phenoxy) is 3. The van der Waals surface area contributed by atoms with Gasteiger partial charge in [0.05, 0.1) is 156 Å². The van der Waals surface area contributed by atoms with E-state index in [0.717, 1.165) is 81.4 Å². The fourth-order valence-electron chi connectivity index (χ4n) is 9.55. The minimum absolute atomic E-state index is 0.0187. The van der Waals surface area contributed by atoms with Gasteiger partial charge in [-0.05, 0) is 78.2 Å². The third kappa shape index (κ3) is 41.3. The summed E-state index contributed by atoms with van der Waals surface area (Å²) >= 11 is 12.6. The van der Waals surface area contributed by atoms with Gasteiger partial charge in [0.1, 0.15) is 22.5 Å². The summed E-state index contributed by atoms with van der Waals surface area (Å²) in [6.07, 6.45) is 23.0. The summed E-state index contributed by atoms with van der Waals surface area (Å²) in [7, 11) is 46.0. The standard InChI is InChI=1S/C14H18N4O3S.C12H15BrN4O2S.C12H16N4O2S.C10H12N4OS.2C9H10N4OS.C7H8N4S.7CH3B/c1-8(19)11-10(9-6-15-18(5)7-9)16-12(22-11)17-13(20)21-14(2,3)4;1-12(2,3)19-11(18)16-10-15-8(9(13)20-10)7-5-14-17(4)6-7;1-12(2,3)18-11(17)15-10-14-9(7-19-10)8-5-13-16(4)6-8;1-6(15)9-8(13-10(11-2)16-9)7-4-12-14(3)5-7;1-5(14)8-7(12-9(10)15-8)6-3-11-13(2)4-6;1-5(14)8-7(6-3-11-12-4-6)13-9(10-2)15-8;1-11-3-5(2-9-11)6-4-12-7(8)10-6;7*1-2/h6-7H,1-5H3,(H,16,17,20);5-6H,1-4H3,(H,15,16,18);5-7H,1-4H3,(H,14,15,17);4-5H,1-3H3,(H,11,13);3-4H,1-2H3,(H2,10,12);3-4H,1-2H3,(H,10,13)(H,11,12);2-4H,1H3,(H2,8,10);7*1H3. The zero-order valence-electron chi connectivity index (χ0n) is 79.7. The quantitative estimate of drug-likeness (QED) is 0.0253. The maximum Gasteiger partial charge on any atom is 0.413 e. The number of aromatic nitrogens is 21. The summed E-state index contributed by atoms with van der Waals surface area (Å²) in [5.74, 6) is -0.0975. The van der Waals surface area contributed by atoms with Crippen molar-refractivity contribution in [2.24, 2.45) is 42.3 Å². The Kier molecular flexibility index (Phi) is 53.8. The lowest BCUT2D eigenvalue weighted by Gasteiger charge is -2.18. The van der Waals surface area contributed by atoms with Gasteiger partial charge in [0.15, 0.2) is 59.1 Å². The van der Waals surface area contributed by atoms with Gasteiger partial charge in [-0.3, -0.25) is 68.3 Å². The first-order chi connectivity index (χ1) is 62.9. The number of H-pyrrole nitrogens is 1. The van der Waals surface area contributed by atoms with Gasteiger partial charge in [0, 0.05) is 177 Å². The fraction of sp³-hybridized carbons (Fsp3) is 0.388. The number of carbonyl (C=O) groups excluding carboxylic acids is 7. The van der Waals surface area contributed by atoms with E-state index < -0.39 is 35.1 Å². The molecule has 10 N–H and O–H groups in total. The summed E-state index contributed by atoms with van der Waals surface area (Å²) in [5, 5.41) is 52.2. The van der Waals surface area contributed by atoms with E-state index in [1.54, 1.807) is 139 Å². The van der Waals surface area contributed by atoms with Gasteiger partial charge >= 0.3 is 18.3 Å². The second-order valence-electron chi connectivity index (χ2n) is 28.1. The molecule has 14 aromatic rings. The predicted octanol–water partition coefficient (Wildman–Crippen LogP) is 17.1. The monoisotopic (exact) mass is 2000 g/mol. The van der Waals surface area contributed by atoms with Gasteiger partial charge in [-0.2, -0.15) is 35.7 Å². The minimum atomic E-state index is -0.603. The van der Waals surface area contributed by atoms with Crippen molar-refractivity contribution < 1.29 is 47.8 Å². The molecule has 0 unspecified atom stereocenters. The number of ketones is 4. The van der Waals surface area contributed by atoms with Crippen LogP contribution in [0.3, 0.4) is 0 Å². The largest absolute Gasteiger partial charge is 0.444 e. The van der Waals surface area contributed by atoms with Crippen LogP contribution in [0, 0.1) is 0 Å². The van der Waals surface area contributed by atoms with Crippen molar-refractivity contribution >= 4 is 228 Å². The van der Waals surface area contributed by atoms with Gasteiger partial charge in [-0.15, -0.1) is 22.7 Å². The highest BCUT2D eigenvalue weighted by atomic mass is 79.9. The number of rotatable bonds is 16. The number of hydrogen-bond donors (Lipinski definition) is 8. The molecule has 0 aliphatic rings. The van der Waals surface area contributed by atoms with Crippen LogP contribution in [0.4, 0.5) is 50.3 Å². The van der Waals surface area contributed by atoms with E-state index in [1.807, 2.05) is 112 Å². The van der Waals surface area contributed by atoms with Crippen LogP contribution < -0.4 is 38.1 Å². The Labute approximate surface area is 821 Å². The first-order valence-corrected chi connectivity index (χ1v) is 46.0. The molecule has 700 valence electrons. The molecular formula is C80H110B7BrN28O10S7. The lowest BCUT2D eigenvalue weighted by atomic mass is 10.2. The summed E-state index contributed by atoms with van der Waals surface area (Å²) in [6.45, 7) is 32.8. The highest BCUT2D eigenvalue weighted by molar-refractivity contribution is 9.11.